The molecule has 0 aromatic heterocycles. The maximum atomic E-state index is 12.6. The number of carbonyl (C=O) groups excluding carboxylic acids is 1. The van der Waals surface area contributed by atoms with Crippen LogP contribution in [0, 0.1) is 13.8 Å². The zero-order valence-electron chi connectivity index (χ0n) is 20.0. The first-order valence-electron chi connectivity index (χ1n) is 11.3. The molecule has 3 aromatic rings. The highest BCUT2D eigenvalue weighted by atomic mass is 32.2. The molecule has 3 aromatic carbocycles. The fraction of sp³-hybridized carbons (Fsp3) is 0.296. The van der Waals surface area contributed by atoms with Crippen molar-refractivity contribution in [1.82, 2.24) is 5.32 Å². The van der Waals surface area contributed by atoms with Gasteiger partial charge in [0, 0.05) is 18.5 Å². The Balaban J connectivity index is 1.54. The van der Waals surface area contributed by atoms with E-state index in [0.29, 0.717) is 25.3 Å². The molecule has 0 aliphatic rings. The van der Waals surface area contributed by atoms with E-state index in [9.17, 15) is 13.2 Å². The molecule has 0 radical (unpaired) electrons. The van der Waals surface area contributed by atoms with Crippen LogP contribution in [0.1, 0.15) is 24.0 Å². The van der Waals surface area contributed by atoms with Crippen molar-refractivity contribution in [3.05, 3.63) is 83.9 Å². The largest absolute Gasteiger partial charge is 0.492 e. The Morgan fingerprint density at radius 2 is 1.65 bits per heavy atom. The Hall–Kier alpha value is -3.32. The molecule has 0 saturated carbocycles. The van der Waals surface area contributed by atoms with E-state index < -0.39 is 10.0 Å². The predicted octanol–water partition coefficient (Wildman–Crippen LogP) is 4.71. The lowest BCUT2D eigenvalue weighted by atomic mass is 10.0. The first kappa shape index (κ1) is 25.3. The van der Waals surface area contributed by atoms with Gasteiger partial charge in [-0.1, -0.05) is 54.6 Å². The van der Waals surface area contributed by atoms with Gasteiger partial charge in [-0.3, -0.25) is 9.10 Å². The highest BCUT2D eigenvalue weighted by Gasteiger charge is 2.20. The van der Waals surface area contributed by atoms with Crippen LogP contribution in [-0.4, -0.2) is 40.3 Å². The van der Waals surface area contributed by atoms with Crippen molar-refractivity contribution in [3.63, 3.8) is 0 Å². The summed E-state index contributed by atoms with van der Waals surface area (Å²) in [6.45, 7) is 5.05. The first-order valence-corrected chi connectivity index (χ1v) is 13.2. The van der Waals surface area contributed by atoms with Gasteiger partial charge in [-0.2, -0.15) is 0 Å². The number of aryl methyl sites for hydroxylation is 2. The van der Waals surface area contributed by atoms with E-state index in [1.165, 1.54) is 16.1 Å². The topological polar surface area (TPSA) is 75.7 Å². The molecular weight excluding hydrogens is 448 g/mol. The Morgan fingerprint density at radius 1 is 0.941 bits per heavy atom. The van der Waals surface area contributed by atoms with Gasteiger partial charge in [0.2, 0.25) is 15.9 Å². The lowest BCUT2D eigenvalue weighted by Crippen LogP contribution is -2.33. The zero-order chi connectivity index (χ0) is 24.6. The summed E-state index contributed by atoms with van der Waals surface area (Å²) in [5.74, 6) is 0.645. The van der Waals surface area contributed by atoms with Crippen LogP contribution < -0.4 is 14.4 Å². The van der Waals surface area contributed by atoms with Crippen LogP contribution in [0.2, 0.25) is 0 Å². The van der Waals surface area contributed by atoms with E-state index in [4.69, 9.17) is 4.74 Å². The third kappa shape index (κ3) is 7.09. The molecule has 0 bridgehead atoms. The molecule has 1 N–H and O–H groups in total. The minimum atomic E-state index is -3.52. The number of sulfonamides is 1. The molecule has 0 saturated heterocycles. The van der Waals surface area contributed by atoms with Crippen LogP contribution in [0.4, 0.5) is 5.69 Å². The van der Waals surface area contributed by atoms with Crippen LogP contribution in [0.3, 0.4) is 0 Å². The van der Waals surface area contributed by atoms with Gasteiger partial charge in [0.15, 0.2) is 0 Å². The maximum Gasteiger partial charge on any atom is 0.232 e. The average molecular weight is 481 g/mol. The first-order chi connectivity index (χ1) is 16.3. The second-order valence-electron chi connectivity index (χ2n) is 8.27. The number of para-hydroxylation sites is 1. The molecule has 0 atom stereocenters. The molecule has 7 heteroatoms. The second kappa shape index (κ2) is 11.7. The van der Waals surface area contributed by atoms with E-state index in [1.54, 1.807) is 6.07 Å². The summed E-state index contributed by atoms with van der Waals surface area (Å²) in [7, 11) is -3.52. The fourth-order valence-corrected chi connectivity index (χ4v) is 4.63. The van der Waals surface area contributed by atoms with Crippen LogP contribution in [0.25, 0.3) is 11.1 Å². The number of nitrogens with zero attached hydrogens (tertiary/aromatic N) is 1. The standard InChI is InChI=1S/C27H32N2O4S/c1-21-15-16-24(20-22(21)2)33-19-17-28-27(30)14-9-18-29(34(3,31)32)26-13-8-7-12-25(26)23-10-5-4-6-11-23/h4-8,10-13,15-16,20H,9,14,17-19H2,1-3H3,(H,28,30). The van der Waals surface area contributed by atoms with Crippen molar-refractivity contribution in [1.29, 1.82) is 0 Å². The maximum absolute atomic E-state index is 12.6. The molecule has 0 spiro atoms. The molecule has 0 aliphatic carbocycles. The van der Waals surface area contributed by atoms with E-state index >= 15 is 0 Å². The number of benzene rings is 3. The van der Waals surface area contributed by atoms with Crippen molar-refractivity contribution in [2.45, 2.75) is 26.7 Å². The summed E-state index contributed by atoms with van der Waals surface area (Å²) in [4.78, 5) is 12.3. The zero-order valence-corrected chi connectivity index (χ0v) is 20.8. The normalized spacial score (nSPS) is 11.1. The lowest BCUT2D eigenvalue weighted by Gasteiger charge is -2.25. The SMILES string of the molecule is Cc1ccc(OCCNC(=O)CCCN(c2ccccc2-c2ccccc2)S(C)(=O)=O)cc1C. The highest BCUT2D eigenvalue weighted by molar-refractivity contribution is 7.92. The van der Waals surface area contributed by atoms with E-state index in [1.807, 2.05) is 80.6 Å². The molecule has 0 heterocycles. The van der Waals surface area contributed by atoms with Gasteiger partial charge in [0.1, 0.15) is 12.4 Å². The van der Waals surface area contributed by atoms with E-state index in [-0.39, 0.29) is 18.9 Å². The second-order valence-corrected chi connectivity index (χ2v) is 10.2. The number of hydrogen-bond donors (Lipinski definition) is 1. The van der Waals surface area contributed by atoms with Crippen LogP contribution in [0.15, 0.2) is 72.8 Å². The van der Waals surface area contributed by atoms with Gasteiger partial charge >= 0.3 is 0 Å². The molecule has 34 heavy (non-hydrogen) atoms. The summed E-state index contributed by atoms with van der Waals surface area (Å²) >= 11 is 0. The monoisotopic (exact) mass is 480 g/mol. The molecule has 1 amide bonds. The van der Waals surface area contributed by atoms with E-state index in [2.05, 4.69) is 5.32 Å². The number of nitrogens with one attached hydrogen (secondary N) is 1. The molecule has 0 unspecified atom stereocenters. The highest BCUT2D eigenvalue weighted by Crippen LogP contribution is 2.32. The third-order valence-electron chi connectivity index (χ3n) is 5.59. The van der Waals surface area contributed by atoms with Crippen LogP contribution >= 0.6 is 0 Å². The van der Waals surface area contributed by atoms with Gasteiger partial charge in [-0.25, -0.2) is 8.42 Å². The third-order valence-corrected chi connectivity index (χ3v) is 6.77. The average Bonchev–Trinajstić information content (AvgIpc) is 2.81. The van der Waals surface area contributed by atoms with Crippen molar-refractivity contribution in [2.75, 3.05) is 30.3 Å². The predicted molar refractivity (Wildman–Crippen MR) is 138 cm³/mol. The van der Waals surface area contributed by atoms with Crippen LogP contribution in [-0.2, 0) is 14.8 Å². The van der Waals surface area contributed by atoms with Gasteiger partial charge < -0.3 is 10.1 Å². The van der Waals surface area contributed by atoms with E-state index in [0.717, 1.165) is 22.4 Å². The number of carbonyl (C=O) groups is 1. The molecular formula is C27H32N2O4S. The van der Waals surface area contributed by atoms with Gasteiger partial charge in [0.25, 0.3) is 0 Å². The van der Waals surface area contributed by atoms with Crippen molar-refractivity contribution in [3.8, 4) is 16.9 Å². The number of hydrogen-bond acceptors (Lipinski definition) is 4. The Bertz CT molecular complexity index is 1210. The minimum Gasteiger partial charge on any atom is -0.492 e. The Morgan fingerprint density at radius 3 is 2.35 bits per heavy atom. The quantitative estimate of drug-likeness (QED) is 0.403. The molecule has 0 aliphatic heterocycles. The number of amides is 1. The lowest BCUT2D eigenvalue weighted by molar-refractivity contribution is -0.121. The fourth-order valence-electron chi connectivity index (χ4n) is 3.65. The Kier molecular flexibility index (Phi) is 8.71. The number of anilines is 1. The minimum absolute atomic E-state index is 0.131. The summed E-state index contributed by atoms with van der Waals surface area (Å²) in [6, 6.07) is 23.0. The van der Waals surface area contributed by atoms with Gasteiger partial charge in [-0.05, 0) is 55.2 Å². The van der Waals surface area contributed by atoms with Gasteiger partial charge in [-0.15, -0.1) is 0 Å². The summed E-state index contributed by atoms with van der Waals surface area (Å²) in [6.07, 6.45) is 1.82. The van der Waals surface area contributed by atoms with Gasteiger partial charge in [0.05, 0.1) is 18.5 Å². The van der Waals surface area contributed by atoms with Crippen molar-refractivity contribution >= 4 is 21.6 Å². The van der Waals surface area contributed by atoms with Crippen molar-refractivity contribution < 1.29 is 17.9 Å². The van der Waals surface area contributed by atoms with Crippen LogP contribution in [0.5, 0.6) is 5.75 Å². The summed E-state index contributed by atoms with van der Waals surface area (Å²) < 4.78 is 32.3. The molecule has 0 fully saturated rings. The summed E-state index contributed by atoms with van der Waals surface area (Å²) in [5, 5.41) is 2.84. The Labute approximate surface area is 202 Å². The number of rotatable bonds is 11. The van der Waals surface area contributed by atoms with Crippen molar-refractivity contribution in [2.24, 2.45) is 0 Å². The molecule has 3 rings (SSSR count). The molecule has 6 nitrogen and oxygen atoms in total. The smallest absolute Gasteiger partial charge is 0.232 e. The number of ether oxygens (including phenoxy) is 1. The molecule has 180 valence electrons. The summed E-state index contributed by atoms with van der Waals surface area (Å²) in [5.41, 5.74) is 4.74.